The van der Waals surface area contributed by atoms with E-state index in [4.69, 9.17) is 0 Å². The zero-order chi connectivity index (χ0) is 14.8. The highest BCUT2D eigenvalue weighted by molar-refractivity contribution is 7.88. The van der Waals surface area contributed by atoms with Gasteiger partial charge in [-0.1, -0.05) is 0 Å². The third-order valence-electron chi connectivity index (χ3n) is 3.11. The van der Waals surface area contributed by atoms with Crippen LogP contribution < -0.4 is 5.32 Å². The van der Waals surface area contributed by atoms with Crippen LogP contribution in [0, 0.1) is 10.1 Å². The molecule has 1 aromatic rings. The second-order valence-corrected chi connectivity index (χ2v) is 6.59. The number of nitrogens with one attached hydrogen (secondary N) is 1. The van der Waals surface area contributed by atoms with Crippen molar-refractivity contribution in [3.05, 3.63) is 22.5 Å². The molecule has 0 unspecified atom stereocenters. The van der Waals surface area contributed by atoms with Gasteiger partial charge in [0.2, 0.25) is 16.0 Å². The van der Waals surface area contributed by atoms with E-state index >= 15 is 0 Å². The van der Waals surface area contributed by atoms with Gasteiger partial charge in [0.05, 0.1) is 11.2 Å². The molecule has 2 heterocycles. The fourth-order valence-corrected chi connectivity index (χ4v) is 2.88. The maximum atomic E-state index is 11.4. The molecule has 0 atom stereocenters. The fourth-order valence-electron chi connectivity index (χ4n) is 2.00. The van der Waals surface area contributed by atoms with E-state index in [0.717, 1.165) is 12.4 Å². The molecule has 1 N–H and O–H groups in total. The van der Waals surface area contributed by atoms with Crippen LogP contribution in [0.5, 0.6) is 0 Å². The van der Waals surface area contributed by atoms with Gasteiger partial charge in [0.15, 0.2) is 0 Å². The fraction of sp³-hybridized carbons (Fsp3) is 0.600. The molecule has 0 spiro atoms. The molecule has 0 bridgehead atoms. The van der Waals surface area contributed by atoms with E-state index in [9.17, 15) is 18.5 Å². The number of piperidine rings is 1. The van der Waals surface area contributed by atoms with Crippen molar-refractivity contribution in [2.75, 3.05) is 24.7 Å². The Morgan fingerprint density at radius 2 is 1.90 bits per heavy atom. The summed E-state index contributed by atoms with van der Waals surface area (Å²) in [6, 6.07) is 0.0643. The molecule has 1 saturated heterocycles. The van der Waals surface area contributed by atoms with Crippen LogP contribution >= 0.6 is 0 Å². The number of rotatable bonds is 4. The van der Waals surface area contributed by atoms with Gasteiger partial charge in [-0.3, -0.25) is 10.1 Å². The van der Waals surface area contributed by atoms with Crippen LogP contribution in [0.4, 0.5) is 11.6 Å². The van der Waals surface area contributed by atoms with Gasteiger partial charge in [0.1, 0.15) is 12.4 Å². The minimum Gasteiger partial charge on any atom is -0.351 e. The topological polar surface area (TPSA) is 118 Å². The second kappa shape index (κ2) is 5.67. The van der Waals surface area contributed by atoms with E-state index in [1.54, 1.807) is 0 Å². The Morgan fingerprint density at radius 3 is 2.35 bits per heavy atom. The minimum atomic E-state index is -3.14. The van der Waals surface area contributed by atoms with Crippen LogP contribution in [-0.2, 0) is 10.0 Å². The highest BCUT2D eigenvalue weighted by Crippen LogP contribution is 2.16. The van der Waals surface area contributed by atoms with Crippen molar-refractivity contribution < 1.29 is 13.3 Å². The van der Waals surface area contributed by atoms with Gasteiger partial charge in [0.25, 0.3) is 0 Å². The van der Waals surface area contributed by atoms with Crippen LogP contribution in [0.2, 0.25) is 0 Å². The van der Waals surface area contributed by atoms with Crippen LogP contribution in [0.25, 0.3) is 0 Å². The first-order valence-corrected chi connectivity index (χ1v) is 7.89. The third kappa shape index (κ3) is 3.61. The standard InChI is InChI=1S/C10H15N5O4S/c1-20(18,19)14-4-2-8(3-5-14)13-10-11-6-9(7-12-10)15(16)17/h6-8H,2-5H2,1H3,(H,11,12,13). The highest BCUT2D eigenvalue weighted by atomic mass is 32.2. The molecule has 110 valence electrons. The lowest BCUT2D eigenvalue weighted by Crippen LogP contribution is -2.42. The number of anilines is 1. The largest absolute Gasteiger partial charge is 0.351 e. The molecule has 10 heteroatoms. The SMILES string of the molecule is CS(=O)(=O)N1CCC(Nc2ncc([N+](=O)[O-])cn2)CC1. The Bertz CT molecular complexity index is 580. The molecule has 9 nitrogen and oxygen atoms in total. The van der Waals surface area contributed by atoms with Crippen molar-refractivity contribution in [3.8, 4) is 0 Å². The average Bonchev–Trinajstić information content (AvgIpc) is 2.39. The number of sulfonamides is 1. The normalized spacial score (nSPS) is 17.9. The molecule has 0 aliphatic carbocycles. The van der Waals surface area contributed by atoms with Crippen LogP contribution in [-0.4, -0.2) is 53.0 Å². The molecule has 2 rings (SSSR count). The van der Waals surface area contributed by atoms with Gasteiger partial charge in [-0.25, -0.2) is 22.7 Å². The maximum absolute atomic E-state index is 11.4. The zero-order valence-electron chi connectivity index (χ0n) is 10.9. The third-order valence-corrected chi connectivity index (χ3v) is 4.41. The number of nitrogens with zero attached hydrogens (tertiary/aromatic N) is 4. The second-order valence-electron chi connectivity index (χ2n) is 4.60. The summed E-state index contributed by atoms with van der Waals surface area (Å²) >= 11 is 0. The van der Waals surface area contributed by atoms with Crippen LogP contribution in [0.15, 0.2) is 12.4 Å². The van der Waals surface area contributed by atoms with Gasteiger partial charge in [-0.2, -0.15) is 0 Å². The van der Waals surface area contributed by atoms with E-state index in [-0.39, 0.29) is 11.7 Å². The van der Waals surface area contributed by atoms with Gasteiger partial charge in [0, 0.05) is 19.1 Å². The number of nitro groups is 1. The van der Waals surface area contributed by atoms with E-state index in [1.165, 1.54) is 10.6 Å². The Kier molecular flexibility index (Phi) is 4.14. The number of aromatic nitrogens is 2. The summed E-state index contributed by atoms with van der Waals surface area (Å²) in [6.45, 7) is 0.896. The van der Waals surface area contributed by atoms with Crippen molar-refractivity contribution in [2.24, 2.45) is 0 Å². The molecule has 0 amide bonds. The summed E-state index contributed by atoms with van der Waals surface area (Å²) < 4.78 is 24.2. The monoisotopic (exact) mass is 301 g/mol. The van der Waals surface area contributed by atoms with Crippen molar-refractivity contribution in [2.45, 2.75) is 18.9 Å². The summed E-state index contributed by atoms with van der Waals surface area (Å²) in [6.07, 6.45) is 4.77. The summed E-state index contributed by atoms with van der Waals surface area (Å²) in [5, 5.41) is 13.5. The Hall–Kier alpha value is -1.81. The summed E-state index contributed by atoms with van der Waals surface area (Å²) in [7, 11) is -3.14. The van der Waals surface area contributed by atoms with E-state index in [2.05, 4.69) is 15.3 Å². The first-order chi connectivity index (χ1) is 9.36. The maximum Gasteiger partial charge on any atom is 0.305 e. The average molecular weight is 301 g/mol. The van der Waals surface area contributed by atoms with E-state index in [0.29, 0.717) is 31.9 Å². The van der Waals surface area contributed by atoms with Crippen molar-refractivity contribution in [1.29, 1.82) is 0 Å². The number of hydrogen-bond donors (Lipinski definition) is 1. The highest BCUT2D eigenvalue weighted by Gasteiger charge is 2.25. The molecule has 0 saturated carbocycles. The summed E-state index contributed by atoms with van der Waals surface area (Å²) in [5.74, 6) is 0.313. The molecule has 1 aromatic heterocycles. The molecule has 1 aliphatic rings. The van der Waals surface area contributed by atoms with Crippen LogP contribution in [0.1, 0.15) is 12.8 Å². The lowest BCUT2D eigenvalue weighted by molar-refractivity contribution is -0.385. The van der Waals surface area contributed by atoms with Gasteiger partial charge in [-0.05, 0) is 12.8 Å². The minimum absolute atomic E-state index is 0.0643. The van der Waals surface area contributed by atoms with Gasteiger partial charge >= 0.3 is 5.69 Å². The zero-order valence-corrected chi connectivity index (χ0v) is 11.7. The van der Waals surface area contributed by atoms with E-state index in [1.807, 2.05) is 0 Å². The van der Waals surface area contributed by atoms with Crippen molar-refractivity contribution in [1.82, 2.24) is 14.3 Å². The predicted octanol–water partition coefficient (Wildman–Crippen LogP) is 0.221. The lowest BCUT2D eigenvalue weighted by Gasteiger charge is -2.30. The molecule has 1 fully saturated rings. The first-order valence-electron chi connectivity index (χ1n) is 6.04. The Balaban J connectivity index is 1.91. The molecule has 0 radical (unpaired) electrons. The Morgan fingerprint density at radius 1 is 1.35 bits per heavy atom. The van der Waals surface area contributed by atoms with Crippen molar-refractivity contribution >= 4 is 21.7 Å². The number of hydrogen-bond acceptors (Lipinski definition) is 7. The lowest BCUT2D eigenvalue weighted by atomic mass is 10.1. The van der Waals surface area contributed by atoms with E-state index < -0.39 is 14.9 Å². The summed E-state index contributed by atoms with van der Waals surface area (Å²) in [4.78, 5) is 17.6. The molecule has 0 aromatic carbocycles. The first kappa shape index (κ1) is 14.6. The van der Waals surface area contributed by atoms with Crippen LogP contribution in [0.3, 0.4) is 0 Å². The smallest absolute Gasteiger partial charge is 0.305 e. The van der Waals surface area contributed by atoms with Gasteiger partial charge < -0.3 is 5.32 Å². The molecular weight excluding hydrogens is 286 g/mol. The quantitative estimate of drug-likeness (QED) is 0.624. The molecule has 20 heavy (non-hydrogen) atoms. The van der Waals surface area contributed by atoms with Crippen molar-refractivity contribution in [3.63, 3.8) is 0 Å². The Labute approximate surface area is 116 Å². The molecular formula is C10H15N5O4S. The van der Waals surface area contributed by atoms with Gasteiger partial charge in [-0.15, -0.1) is 0 Å². The summed E-state index contributed by atoms with van der Waals surface area (Å²) in [5.41, 5.74) is -0.164. The molecule has 1 aliphatic heterocycles. The predicted molar refractivity (Wildman–Crippen MR) is 71.7 cm³/mol.